The molecule has 0 spiro atoms. The third kappa shape index (κ3) is 4.90. The Kier molecular flexibility index (Phi) is 6.51. The van der Waals surface area contributed by atoms with Gasteiger partial charge in [0.2, 0.25) is 0 Å². The van der Waals surface area contributed by atoms with Crippen LogP contribution in [0.4, 0.5) is 15.8 Å². The average Bonchev–Trinajstić information content (AvgIpc) is 3.56. The molecule has 1 amide bonds. The number of nitrogens with zero attached hydrogens (tertiary/aromatic N) is 3. The smallest absolute Gasteiger partial charge is 0.257 e. The second kappa shape index (κ2) is 9.45. The number of likely N-dealkylation sites (N-methyl/N-ethyl adjacent to an activating group) is 1. The van der Waals surface area contributed by atoms with Crippen LogP contribution in [0.1, 0.15) is 48.7 Å². The number of carbonyl (C=O) groups excluding carboxylic acids is 1. The molecular formula is C26H28Cl2FN5O. The lowest BCUT2D eigenvalue weighted by atomic mass is 10.1. The van der Waals surface area contributed by atoms with E-state index in [1.165, 1.54) is 6.07 Å². The molecule has 2 aliphatic rings. The number of H-pyrrole nitrogens is 1. The Hall–Kier alpha value is -2.61. The van der Waals surface area contributed by atoms with Gasteiger partial charge in [0.15, 0.2) is 0 Å². The second-order valence-corrected chi connectivity index (χ2v) is 10.5. The van der Waals surface area contributed by atoms with Crippen molar-refractivity contribution in [3.63, 3.8) is 0 Å². The van der Waals surface area contributed by atoms with Gasteiger partial charge in [0.25, 0.3) is 5.91 Å². The number of amides is 1. The molecule has 2 atom stereocenters. The molecule has 1 saturated heterocycles. The normalized spacial score (nSPS) is 20.8. The zero-order valence-electron chi connectivity index (χ0n) is 19.9. The largest absolute Gasteiger partial charge is 0.366 e. The van der Waals surface area contributed by atoms with Gasteiger partial charge in [-0.2, -0.15) is 0 Å². The summed E-state index contributed by atoms with van der Waals surface area (Å²) in [5.41, 5.74) is 2.78. The summed E-state index contributed by atoms with van der Waals surface area (Å²) in [6.07, 6.45) is 4.16. The number of hydrogen-bond acceptors (Lipinski definition) is 4. The molecule has 1 aliphatic heterocycles. The molecule has 1 aliphatic carbocycles. The highest BCUT2D eigenvalue weighted by molar-refractivity contribution is 6.35. The Morgan fingerprint density at radius 1 is 1.11 bits per heavy atom. The van der Waals surface area contributed by atoms with Crippen molar-refractivity contribution in [2.45, 2.75) is 44.7 Å². The van der Waals surface area contributed by atoms with Gasteiger partial charge < -0.3 is 15.2 Å². The number of rotatable bonds is 5. The number of benzene rings is 2. The van der Waals surface area contributed by atoms with Crippen LogP contribution in [0, 0.1) is 5.82 Å². The van der Waals surface area contributed by atoms with Gasteiger partial charge in [-0.05, 0) is 64.1 Å². The molecule has 2 heterocycles. The van der Waals surface area contributed by atoms with E-state index in [-0.39, 0.29) is 22.7 Å². The molecule has 0 unspecified atom stereocenters. The van der Waals surface area contributed by atoms with Crippen molar-refractivity contribution >= 4 is 40.5 Å². The maximum Gasteiger partial charge on any atom is 0.257 e. The van der Waals surface area contributed by atoms with E-state index >= 15 is 4.39 Å². The number of anilines is 2. The zero-order chi connectivity index (χ0) is 24.9. The predicted octanol–water partition coefficient (Wildman–Crippen LogP) is 6.18. The predicted molar refractivity (Wildman–Crippen MR) is 139 cm³/mol. The van der Waals surface area contributed by atoms with Crippen molar-refractivity contribution in [3.05, 3.63) is 63.6 Å². The minimum atomic E-state index is -0.494. The quantitative estimate of drug-likeness (QED) is 0.425. The average molecular weight is 516 g/mol. The molecule has 9 heteroatoms. The summed E-state index contributed by atoms with van der Waals surface area (Å²) in [6.45, 7) is 5.59. The van der Waals surface area contributed by atoms with Crippen molar-refractivity contribution in [2.75, 3.05) is 30.4 Å². The van der Waals surface area contributed by atoms with Crippen LogP contribution in [0.25, 0.3) is 11.4 Å². The van der Waals surface area contributed by atoms with Crippen molar-refractivity contribution in [1.29, 1.82) is 0 Å². The summed E-state index contributed by atoms with van der Waals surface area (Å²) < 4.78 is 15.2. The first-order valence-electron chi connectivity index (χ1n) is 11.8. The summed E-state index contributed by atoms with van der Waals surface area (Å²) >= 11 is 12.9. The fraction of sp³-hybridized carbons (Fsp3) is 0.385. The molecule has 2 N–H and O–H groups in total. The van der Waals surface area contributed by atoms with Crippen LogP contribution in [0.2, 0.25) is 10.0 Å². The number of aromatic amines is 1. The highest BCUT2D eigenvalue weighted by Crippen LogP contribution is 2.40. The topological polar surface area (TPSA) is 64.3 Å². The van der Waals surface area contributed by atoms with Crippen LogP contribution in [0.3, 0.4) is 0 Å². The van der Waals surface area contributed by atoms with Crippen LogP contribution >= 0.6 is 23.2 Å². The number of carbonyl (C=O) groups is 1. The van der Waals surface area contributed by atoms with E-state index in [0.29, 0.717) is 46.8 Å². The maximum atomic E-state index is 15.2. The zero-order valence-corrected chi connectivity index (χ0v) is 21.4. The molecule has 3 aromatic rings. The van der Waals surface area contributed by atoms with Gasteiger partial charge in [0.05, 0.1) is 21.3 Å². The van der Waals surface area contributed by atoms with Crippen LogP contribution < -0.4 is 10.2 Å². The number of hydrogen-bond donors (Lipinski definition) is 2. The Balaban J connectivity index is 1.36. The van der Waals surface area contributed by atoms with Gasteiger partial charge in [-0.15, -0.1) is 0 Å². The molecule has 35 heavy (non-hydrogen) atoms. The number of halogens is 3. The summed E-state index contributed by atoms with van der Waals surface area (Å²) in [5.74, 6) is 0.225. The van der Waals surface area contributed by atoms with E-state index < -0.39 is 11.7 Å². The molecule has 0 radical (unpaired) electrons. The fourth-order valence-corrected chi connectivity index (χ4v) is 5.06. The summed E-state index contributed by atoms with van der Waals surface area (Å²) in [6, 6.07) is 8.45. The van der Waals surface area contributed by atoms with E-state index in [4.69, 9.17) is 23.2 Å². The standard InChI is InChI=1S/C26H28Cl2FN5O/c1-14-12-34(13-15(2)33(14)3)24-10-21(28)19(9-22(24)29)26(35)31-17-6-7-20(27)18(8-17)25-30-11-23(32-25)16-4-5-16/h6-11,14-16H,4-5,12-13H2,1-3H3,(H,30,32)(H,31,35)/t14-,15+. The van der Waals surface area contributed by atoms with Gasteiger partial charge in [-0.1, -0.05) is 23.2 Å². The Labute approximate surface area is 214 Å². The van der Waals surface area contributed by atoms with Gasteiger partial charge in [-0.25, -0.2) is 9.37 Å². The van der Waals surface area contributed by atoms with E-state index in [2.05, 4.69) is 41.1 Å². The number of piperazine rings is 1. The van der Waals surface area contributed by atoms with E-state index in [1.807, 2.05) is 11.1 Å². The highest BCUT2D eigenvalue weighted by atomic mass is 35.5. The minimum absolute atomic E-state index is 0.0775. The third-order valence-electron chi connectivity index (χ3n) is 7.07. The van der Waals surface area contributed by atoms with Crippen molar-refractivity contribution < 1.29 is 9.18 Å². The number of nitrogens with one attached hydrogen (secondary N) is 2. The van der Waals surface area contributed by atoms with E-state index in [1.54, 1.807) is 24.3 Å². The maximum absolute atomic E-state index is 15.2. The molecule has 1 saturated carbocycles. The van der Waals surface area contributed by atoms with Crippen molar-refractivity contribution in [3.8, 4) is 11.4 Å². The van der Waals surface area contributed by atoms with E-state index in [0.717, 1.165) is 18.5 Å². The van der Waals surface area contributed by atoms with Gasteiger partial charge in [0, 0.05) is 54.2 Å². The molecule has 2 aromatic carbocycles. The monoisotopic (exact) mass is 515 g/mol. The van der Waals surface area contributed by atoms with Crippen LogP contribution in [0.5, 0.6) is 0 Å². The third-order valence-corrected chi connectivity index (χ3v) is 7.72. The van der Waals surface area contributed by atoms with Gasteiger partial charge >= 0.3 is 0 Å². The lowest BCUT2D eigenvalue weighted by Gasteiger charge is -2.43. The fourth-order valence-electron chi connectivity index (χ4n) is 4.61. The summed E-state index contributed by atoms with van der Waals surface area (Å²) in [7, 11) is 2.07. The Morgan fingerprint density at radius 2 is 1.83 bits per heavy atom. The number of imidazole rings is 1. The van der Waals surface area contributed by atoms with Gasteiger partial charge in [0.1, 0.15) is 11.6 Å². The van der Waals surface area contributed by atoms with Crippen molar-refractivity contribution in [2.24, 2.45) is 0 Å². The van der Waals surface area contributed by atoms with E-state index in [9.17, 15) is 4.79 Å². The first kappa shape index (κ1) is 24.1. The number of aromatic nitrogens is 2. The highest BCUT2D eigenvalue weighted by Gasteiger charge is 2.29. The lowest BCUT2D eigenvalue weighted by Crippen LogP contribution is -2.55. The second-order valence-electron chi connectivity index (χ2n) is 9.66. The Bertz CT molecular complexity index is 1260. The van der Waals surface area contributed by atoms with Crippen molar-refractivity contribution in [1.82, 2.24) is 14.9 Å². The molecule has 184 valence electrons. The minimum Gasteiger partial charge on any atom is -0.366 e. The first-order valence-corrected chi connectivity index (χ1v) is 12.6. The summed E-state index contributed by atoms with van der Waals surface area (Å²) in [4.78, 5) is 25.0. The lowest BCUT2D eigenvalue weighted by molar-refractivity contribution is 0.102. The SMILES string of the molecule is C[C@@H]1CN(c2cc(Cl)c(C(=O)Nc3ccc(Cl)c(-c4ncc(C5CC5)[nH]4)c3)cc2F)C[C@H](C)N1C. The van der Waals surface area contributed by atoms with Crippen LogP contribution in [-0.4, -0.2) is 53.0 Å². The first-order chi connectivity index (χ1) is 16.7. The van der Waals surface area contributed by atoms with Crippen LogP contribution in [0.15, 0.2) is 36.5 Å². The Morgan fingerprint density at radius 3 is 2.51 bits per heavy atom. The molecular weight excluding hydrogens is 488 g/mol. The molecule has 1 aromatic heterocycles. The van der Waals surface area contributed by atoms with Gasteiger partial charge in [-0.3, -0.25) is 9.69 Å². The summed E-state index contributed by atoms with van der Waals surface area (Å²) in [5, 5.41) is 3.53. The molecule has 2 fully saturated rings. The molecule has 0 bridgehead atoms. The van der Waals surface area contributed by atoms with Crippen LogP contribution in [-0.2, 0) is 0 Å². The molecule has 6 nitrogen and oxygen atoms in total. The molecule has 5 rings (SSSR count).